The van der Waals surface area contributed by atoms with Gasteiger partial charge in [0.1, 0.15) is 0 Å². The lowest BCUT2D eigenvalue weighted by atomic mass is 9.85. The normalized spacial score (nSPS) is 18.5. The second-order valence-electron chi connectivity index (χ2n) is 3.74. The van der Waals surface area contributed by atoms with E-state index < -0.39 is 0 Å². The molecule has 16 heavy (non-hydrogen) atoms. The maximum Gasteiger partial charge on any atom is 0.193 e. The van der Waals surface area contributed by atoms with Crippen molar-refractivity contribution in [2.24, 2.45) is 0 Å². The van der Waals surface area contributed by atoms with Gasteiger partial charge in [-0.3, -0.25) is 9.59 Å². The summed E-state index contributed by atoms with van der Waals surface area (Å²) in [5, 5.41) is 0. The fourth-order valence-electron chi connectivity index (χ4n) is 1.75. The van der Waals surface area contributed by atoms with Crippen molar-refractivity contribution in [2.75, 3.05) is 0 Å². The predicted molar refractivity (Wildman–Crippen MR) is 65.0 cm³/mol. The number of hydrogen-bond donors (Lipinski definition) is 0. The standard InChI is InChI=1S/C14H16O2/c1-5-7-11-9(3)13(15)10(4)12(8-6-2)14(11)16/h5-8H,1-4H3. The van der Waals surface area contributed by atoms with Crippen molar-refractivity contribution < 1.29 is 9.59 Å². The minimum absolute atomic E-state index is 0.0409. The average Bonchev–Trinajstić information content (AvgIpc) is 2.28. The van der Waals surface area contributed by atoms with Gasteiger partial charge in [-0.05, 0) is 27.7 Å². The van der Waals surface area contributed by atoms with Gasteiger partial charge in [-0.2, -0.15) is 0 Å². The fourth-order valence-corrected chi connectivity index (χ4v) is 1.75. The second-order valence-corrected chi connectivity index (χ2v) is 3.74. The Morgan fingerprint density at radius 1 is 0.750 bits per heavy atom. The highest BCUT2D eigenvalue weighted by molar-refractivity contribution is 6.26. The van der Waals surface area contributed by atoms with E-state index in [2.05, 4.69) is 0 Å². The minimum Gasteiger partial charge on any atom is -0.289 e. The van der Waals surface area contributed by atoms with Crippen LogP contribution < -0.4 is 0 Å². The number of rotatable bonds is 2. The highest BCUT2D eigenvalue weighted by atomic mass is 16.1. The van der Waals surface area contributed by atoms with Crippen LogP contribution in [0.15, 0.2) is 46.6 Å². The Hall–Kier alpha value is -1.70. The van der Waals surface area contributed by atoms with Gasteiger partial charge in [0.05, 0.1) is 0 Å². The van der Waals surface area contributed by atoms with E-state index in [-0.39, 0.29) is 11.6 Å². The molecular weight excluding hydrogens is 200 g/mol. The van der Waals surface area contributed by atoms with Gasteiger partial charge in [0, 0.05) is 22.3 Å². The van der Waals surface area contributed by atoms with Gasteiger partial charge in [0.15, 0.2) is 11.6 Å². The van der Waals surface area contributed by atoms with Crippen LogP contribution in [0.3, 0.4) is 0 Å². The lowest BCUT2D eigenvalue weighted by molar-refractivity contribution is -0.116. The summed E-state index contributed by atoms with van der Waals surface area (Å²) in [5.41, 5.74) is 2.08. The molecule has 1 aliphatic carbocycles. The van der Waals surface area contributed by atoms with Crippen molar-refractivity contribution in [1.29, 1.82) is 0 Å². The molecule has 0 saturated carbocycles. The van der Waals surface area contributed by atoms with Crippen LogP contribution in [0, 0.1) is 0 Å². The van der Waals surface area contributed by atoms with Crippen LogP contribution in [0.2, 0.25) is 0 Å². The van der Waals surface area contributed by atoms with E-state index in [1.807, 2.05) is 13.8 Å². The summed E-state index contributed by atoms with van der Waals surface area (Å²) in [4.78, 5) is 24.0. The topological polar surface area (TPSA) is 34.1 Å². The van der Waals surface area contributed by atoms with E-state index in [1.165, 1.54) is 0 Å². The van der Waals surface area contributed by atoms with Gasteiger partial charge >= 0.3 is 0 Å². The molecule has 0 atom stereocenters. The van der Waals surface area contributed by atoms with Gasteiger partial charge < -0.3 is 0 Å². The van der Waals surface area contributed by atoms with Crippen LogP contribution in [0.5, 0.6) is 0 Å². The van der Waals surface area contributed by atoms with Crippen LogP contribution in [0.25, 0.3) is 0 Å². The smallest absolute Gasteiger partial charge is 0.193 e. The number of carbonyl (C=O) groups excluding carboxylic acids is 2. The molecule has 0 heterocycles. The summed E-state index contributed by atoms with van der Waals surface area (Å²) in [7, 11) is 0. The van der Waals surface area contributed by atoms with Crippen LogP contribution >= 0.6 is 0 Å². The summed E-state index contributed by atoms with van der Waals surface area (Å²) < 4.78 is 0. The molecule has 0 aliphatic heterocycles. The van der Waals surface area contributed by atoms with Crippen molar-refractivity contribution >= 4 is 11.6 Å². The molecule has 0 aromatic heterocycles. The highest BCUT2D eigenvalue weighted by Gasteiger charge is 2.27. The first-order valence-corrected chi connectivity index (χ1v) is 5.31. The molecule has 0 amide bonds. The van der Waals surface area contributed by atoms with Crippen molar-refractivity contribution in [3.8, 4) is 0 Å². The van der Waals surface area contributed by atoms with E-state index in [9.17, 15) is 9.59 Å². The Morgan fingerprint density at radius 2 is 1.12 bits per heavy atom. The summed E-state index contributed by atoms with van der Waals surface area (Å²) in [5.74, 6) is -0.105. The Kier molecular flexibility index (Phi) is 3.78. The molecule has 0 spiro atoms. The Bertz CT molecular complexity index is 417. The Morgan fingerprint density at radius 3 is 1.44 bits per heavy atom. The molecule has 2 heteroatoms. The lowest BCUT2D eigenvalue weighted by Crippen LogP contribution is -2.20. The zero-order valence-electron chi connectivity index (χ0n) is 10.1. The van der Waals surface area contributed by atoms with Crippen molar-refractivity contribution in [3.05, 3.63) is 46.6 Å². The SMILES string of the molecule is CC=CC1=C(C)C(=O)C(C)=C(C=CC)C1=O. The lowest BCUT2D eigenvalue weighted by Gasteiger charge is -2.16. The van der Waals surface area contributed by atoms with Crippen LogP contribution in [-0.2, 0) is 9.59 Å². The molecule has 0 N–H and O–H groups in total. The number of Topliss-reactive ketones (excluding diaryl/α,β-unsaturated/α-hetero) is 2. The Balaban J connectivity index is 3.38. The molecule has 0 aromatic rings. The molecule has 0 bridgehead atoms. The van der Waals surface area contributed by atoms with E-state index in [0.717, 1.165) is 0 Å². The van der Waals surface area contributed by atoms with Crippen LogP contribution in [0.1, 0.15) is 27.7 Å². The van der Waals surface area contributed by atoms with Crippen molar-refractivity contribution in [2.45, 2.75) is 27.7 Å². The molecule has 1 rings (SSSR count). The monoisotopic (exact) mass is 216 g/mol. The molecular formula is C14H16O2. The first-order valence-electron chi connectivity index (χ1n) is 5.31. The fraction of sp³-hybridized carbons (Fsp3) is 0.286. The minimum atomic E-state index is -0.0641. The first-order chi connectivity index (χ1) is 7.54. The van der Waals surface area contributed by atoms with Gasteiger partial charge in [0.2, 0.25) is 0 Å². The summed E-state index contributed by atoms with van der Waals surface area (Å²) in [6, 6.07) is 0. The maximum atomic E-state index is 12.1. The molecule has 84 valence electrons. The molecule has 0 saturated heterocycles. The summed E-state index contributed by atoms with van der Waals surface area (Å²) in [6.07, 6.45) is 6.95. The number of ketones is 2. The molecule has 0 radical (unpaired) electrons. The maximum absolute atomic E-state index is 12.1. The van der Waals surface area contributed by atoms with Crippen LogP contribution in [0.4, 0.5) is 0 Å². The zero-order chi connectivity index (χ0) is 12.3. The van der Waals surface area contributed by atoms with Gasteiger partial charge in [-0.25, -0.2) is 0 Å². The molecule has 0 aromatic carbocycles. The summed E-state index contributed by atoms with van der Waals surface area (Å²) >= 11 is 0. The van der Waals surface area contributed by atoms with Gasteiger partial charge in [0.25, 0.3) is 0 Å². The quantitative estimate of drug-likeness (QED) is 0.665. The third-order valence-electron chi connectivity index (χ3n) is 2.65. The number of carbonyl (C=O) groups is 2. The highest BCUT2D eigenvalue weighted by Crippen LogP contribution is 2.25. The Labute approximate surface area is 96.0 Å². The number of allylic oxidation sites excluding steroid dienone is 8. The van der Waals surface area contributed by atoms with Gasteiger partial charge in [-0.15, -0.1) is 0 Å². The zero-order valence-corrected chi connectivity index (χ0v) is 10.1. The first kappa shape index (κ1) is 12.4. The van der Waals surface area contributed by atoms with Crippen LogP contribution in [-0.4, -0.2) is 11.6 Å². The summed E-state index contributed by atoms with van der Waals surface area (Å²) in [6.45, 7) is 7.06. The third-order valence-corrected chi connectivity index (χ3v) is 2.65. The average molecular weight is 216 g/mol. The van der Waals surface area contributed by atoms with Gasteiger partial charge in [-0.1, -0.05) is 24.3 Å². The molecule has 1 aliphatic rings. The van der Waals surface area contributed by atoms with Crippen molar-refractivity contribution in [3.63, 3.8) is 0 Å². The molecule has 0 fully saturated rings. The van der Waals surface area contributed by atoms with E-state index in [1.54, 1.807) is 38.2 Å². The van der Waals surface area contributed by atoms with Crippen molar-refractivity contribution in [1.82, 2.24) is 0 Å². The van der Waals surface area contributed by atoms with E-state index in [4.69, 9.17) is 0 Å². The largest absolute Gasteiger partial charge is 0.289 e. The predicted octanol–water partition coefficient (Wildman–Crippen LogP) is 2.92. The number of hydrogen-bond acceptors (Lipinski definition) is 2. The van der Waals surface area contributed by atoms with E-state index in [0.29, 0.717) is 22.3 Å². The molecule has 2 nitrogen and oxygen atoms in total. The second kappa shape index (κ2) is 4.88. The molecule has 0 unspecified atom stereocenters. The third kappa shape index (κ3) is 1.96. The van der Waals surface area contributed by atoms with E-state index >= 15 is 0 Å².